The Labute approximate surface area is 437 Å². The second kappa shape index (κ2) is 50.6. The molecule has 0 aliphatic heterocycles. The Balaban J connectivity index is 0.00000543. The Morgan fingerprint density at radius 1 is 0.329 bits per heavy atom. The van der Waals surface area contributed by atoms with E-state index in [1.54, 1.807) is 0 Å². The Bertz CT molecular complexity index is 1100. The van der Waals surface area contributed by atoms with Crippen LogP contribution in [-0.4, -0.2) is 56.1 Å². The average Bonchev–Trinajstić information content (AvgIpc) is 3.34. The Kier molecular flexibility index (Phi) is 49.2. The van der Waals surface area contributed by atoms with E-state index < -0.39 is 11.9 Å². The van der Waals surface area contributed by atoms with Gasteiger partial charge in [-0.15, -0.1) is 0 Å². The van der Waals surface area contributed by atoms with Gasteiger partial charge in [0.25, 0.3) is 0 Å². The molecule has 0 heterocycles. The number of carboxylic acids is 2. The molecule has 1 aromatic rings. The fraction of sp³-hybridized carbons (Fsp3) is 0.875. The molecule has 70 heavy (non-hydrogen) atoms. The summed E-state index contributed by atoms with van der Waals surface area (Å²) >= 11 is 0. The highest BCUT2D eigenvalue weighted by atomic mass is 16.4. The van der Waals surface area contributed by atoms with Crippen LogP contribution in [0.5, 0.6) is 0 Å². The zero-order chi connectivity index (χ0) is 51.7. The van der Waals surface area contributed by atoms with Gasteiger partial charge in [0.15, 0.2) is 0 Å². The van der Waals surface area contributed by atoms with E-state index in [2.05, 4.69) is 89.5 Å². The molecule has 412 valence electrons. The highest BCUT2D eigenvalue weighted by Crippen LogP contribution is 2.25. The van der Waals surface area contributed by atoms with E-state index in [-0.39, 0.29) is 12.8 Å². The zero-order valence-electron chi connectivity index (χ0n) is 48.3. The average molecular weight is 984 g/mol. The first kappa shape index (κ1) is 68.1. The van der Waals surface area contributed by atoms with E-state index in [0.29, 0.717) is 24.2 Å². The van der Waals surface area contributed by atoms with Gasteiger partial charge in [-0.2, -0.15) is 0 Å². The first-order chi connectivity index (χ1) is 34.0. The van der Waals surface area contributed by atoms with Crippen molar-refractivity contribution in [2.75, 3.05) is 0 Å². The van der Waals surface area contributed by atoms with E-state index in [1.165, 1.54) is 268 Å². The number of benzene rings is 1. The maximum atomic E-state index is 9.64. The van der Waals surface area contributed by atoms with Crippen molar-refractivity contribution in [3.8, 4) is 0 Å². The van der Waals surface area contributed by atoms with Gasteiger partial charge in [-0.3, -0.25) is 19.4 Å². The van der Waals surface area contributed by atoms with Crippen LogP contribution in [0.1, 0.15) is 336 Å². The minimum Gasteiger partial charge on any atom is -0.481 e. The van der Waals surface area contributed by atoms with Crippen LogP contribution in [0.4, 0.5) is 0 Å². The highest BCUT2D eigenvalue weighted by molar-refractivity contribution is 5.75. The van der Waals surface area contributed by atoms with Crippen LogP contribution < -0.4 is 0 Å². The fourth-order valence-corrected chi connectivity index (χ4v) is 10.5. The predicted octanol–water partition coefficient (Wildman–Crippen LogP) is 20.5. The number of carboxylic acid groups (broad SMARTS) is 2. The molecular weight excluding hydrogens is 861 g/mol. The van der Waals surface area contributed by atoms with Crippen LogP contribution in [0, 0.1) is 0 Å². The van der Waals surface area contributed by atoms with Gasteiger partial charge < -0.3 is 10.2 Å². The van der Waals surface area contributed by atoms with E-state index in [9.17, 15) is 9.59 Å². The summed E-state index contributed by atoms with van der Waals surface area (Å²) < 4.78 is 0. The normalized spacial score (nSPS) is 13.3. The molecule has 0 amide bonds. The number of unbranched alkanes of at least 4 members (excludes halogenated alkanes) is 32. The summed E-state index contributed by atoms with van der Waals surface area (Å²) in [5.41, 5.74) is 3.03. The van der Waals surface area contributed by atoms with Gasteiger partial charge in [-0.1, -0.05) is 283 Å². The van der Waals surface area contributed by atoms with Crippen molar-refractivity contribution in [1.82, 2.24) is 9.80 Å². The summed E-state index contributed by atoms with van der Waals surface area (Å²) in [5.74, 6) is -2.15. The Morgan fingerprint density at radius 3 is 0.671 bits per heavy atom. The van der Waals surface area contributed by atoms with Crippen molar-refractivity contribution in [3.63, 3.8) is 0 Å². The fourth-order valence-electron chi connectivity index (χ4n) is 10.5. The van der Waals surface area contributed by atoms with Crippen LogP contribution >= 0.6 is 0 Å². The number of nitrogens with zero attached hydrogens (tertiary/aromatic N) is 2. The van der Waals surface area contributed by atoms with Crippen LogP contribution in [0.2, 0.25) is 0 Å². The summed E-state index contributed by atoms with van der Waals surface area (Å²) in [6.45, 7) is 21.7. The summed E-state index contributed by atoms with van der Waals surface area (Å²) in [4.78, 5) is 25.1. The maximum Gasteiger partial charge on any atom is 0.303 e. The zero-order valence-corrected chi connectivity index (χ0v) is 48.3. The third-order valence-corrected chi connectivity index (χ3v) is 15.5. The molecule has 0 aliphatic carbocycles. The molecule has 1 aromatic carbocycles. The number of carbonyl (C=O) groups is 2. The van der Waals surface area contributed by atoms with Crippen molar-refractivity contribution in [3.05, 3.63) is 35.4 Å². The van der Waals surface area contributed by atoms with Gasteiger partial charge in [0.1, 0.15) is 0 Å². The van der Waals surface area contributed by atoms with Gasteiger partial charge in [-0.25, -0.2) is 0 Å². The lowest BCUT2D eigenvalue weighted by Gasteiger charge is -2.36. The number of hydrogen-bond donors (Lipinski definition) is 2. The summed E-state index contributed by atoms with van der Waals surface area (Å²) in [7, 11) is 0. The standard InChI is InChI=1S/C60H116N2.C4H6O4/c1-9-13-17-21-25-29-33-37-41-45-55(5)61(56(6)46-42-38-34-30-26-22-18-14-10-2)53-59-49-51-60(52-50-59)54-62(57(7)47-43-39-35-31-27-23-19-15-11-3)58(8)48-44-40-36-32-28-24-20-16-12-4;5-3(6)1-2-4(7)8/h49-52,55-58H,9-48,53-54H2,1-8H3;1-2H2,(H,5,6)(H,7,8). The van der Waals surface area contributed by atoms with Crippen LogP contribution in [0.15, 0.2) is 24.3 Å². The molecule has 2 N–H and O–H groups in total. The molecule has 6 heteroatoms. The second-order valence-electron chi connectivity index (χ2n) is 22.3. The van der Waals surface area contributed by atoms with Crippen molar-refractivity contribution < 1.29 is 19.8 Å². The lowest BCUT2D eigenvalue weighted by Crippen LogP contribution is -2.40. The predicted molar refractivity (Wildman–Crippen MR) is 307 cm³/mol. The monoisotopic (exact) mass is 983 g/mol. The Hall–Kier alpha value is -1.92. The van der Waals surface area contributed by atoms with E-state index >= 15 is 0 Å². The summed E-state index contributed by atoms with van der Waals surface area (Å²) in [6.07, 6.45) is 55.9. The second-order valence-corrected chi connectivity index (χ2v) is 22.3. The van der Waals surface area contributed by atoms with E-state index in [1.807, 2.05) is 0 Å². The lowest BCUT2D eigenvalue weighted by molar-refractivity contribution is -0.143. The van der Waals surface area contributed by atoms with Gasteiger partial charge in [0.05, 0.1) is 12.8 Å². The van der Waals surface area contributed by atoms with Crippen molar-refractivity contribution in [2.45, 2.75) is 362 Å². The van der Waals surface area contributed by atoms with Gasteiger partial charge in [0, 0.05) is 37.3 Å². The third kappa shape index (κ3) is 42.6. The number of rotatable bonds is 51. The minimum atomic E-state index is -1.08. The molecule has 1 rings (SSSR count). The number of aliphatic carboxylic acids is 2. The van der Waals surface area contributed by atoms with Gasteiger partial charge in [-0.05, 0) is 64.5 Å². The van der Waals surface area contributed by atoms with Gasteiger partial charge in [0.2, 0.25) is 0 Å². The van der Waals surface area contributed by atoms with Gasteiger partial charge >= 0.3 is 11.9 Å². The molecule has 0 fully saturated rings. The topological polar surface area (TPSA) is 81.1 Å². The molecule has 0 saturated carbocycles. The molecular formula is C64H122N2O4. The lowest BCUT2D eigenvalue weighted by atomic mass is 9.99. The largest absolute Gasteiger partial charge is 0.481 e. The van der Waals surface area contributed by atoms with Crippen LogP contribution in [0.3, 0.4) is 0 Å². The molecule has 0 spiro atoms. The quantitative estimate of drug-likeness (QED) is 0.0633. The van der Waals surface area contributed by atoms with Crippen molar-refractivity contribution >= 4 is 11.9 Å². The minimum absolute atomic E-state index is 0.296. The molecule has 4 unspecified atom stereocenters. The molecule has 0 radical (unpaired) electrons. The molecule has 0 bridgehead atoms. The molecule has 0 aromatic heterocycles. The molecule has 6 nitrogen and oxygen atoms in total. The first-order valence-electron chi connectivity index (χ1n) is 31.0. The van der Waals surface area contributed by atoms with Crippen molar-refractivity contribution in [2.24, 2.45) is 0 Å². The van der Waals surface area contributed by atoms with E-state index in [4.69, 9.17) is 10.2 Å². The SMILES string of the molecule is CCCCCCCCCCCC(C)N(Cc1ccc(CN(C(C)CCCCCCCCCCC)C(C)CCCCCCCCCCC)cc1)C(C)CCCCCCCCCCC.O=C(O)CCC(=O)O. The Morgan fingerprint density at radius 2 is 0.500 bits per heavy atom. The highest BCUT2D eigenvalue weighted by Gasteiger charge is 2.22. The maximum absolute atomic E-state index is 9.64. The molecule has 0 aliphatic rings. The smallest absolute Gasteiger partial charge is 0.303 e. The third-order valence-electron chi connectivity index (χ3n) is 15.5. The van der Waals surface area contributed by atoms with E-state index in [0.717, 1.165) is 13.1 Å². The van der Waals surface area contributed by atoms with Crippen molar-refractivity contribution in [1.29, 1.82) is 0 Å². The summed E-state index contributed by atoms with van der Waals surface area (Å²) in [5, 5.41) is 15.8. The summed E-state index contributed by atoms with van der Waals surface area (Å²) in [6, 6.07) is 12.6. The molecule has 0 saturated heterocycles. The van der Waals surface area contributed by atoms with Crippen LogP contribution in [0.25, 0.3) is 0 Å². The first-order valence-corrected chi connectivity index (χ1v) is 31.0. The van der Waals surface area contributed by atoms with Crippen LogP contribution in [-0.2, 0) is 22.7 Å². The molecule has 4 atom stereocenters. The number of hydrogen-bond acceptors (Lipinski definition) is 4.